The molecular weight excluding hydrogens is 330 g/mol. The van der Waals surface area contributed by atoms with Gasteiger partial charge in [0.25, 0.3) is 11.5 Å². The van der Waals surface area contributed by atoms with E-state index in [1.807, 2.05) is 17.0 Å². The third-order valence-corrected chi connectivity index (χ3v) is 4.79. The Labute approximate surface area is 153 Å². The number of hydrogen-bond acceptors (Lipinski definition) is 4. The second-order valence-electron chi connectivity index (χ2n) is 6.63. The number of ether oxygens (including phenoxy) is 1. The fourth-order valence-corrected chi connectivity index (χ4v) is 3.19. The fraction of sp³-hybridized carbons (Fsp3) is 0.400. The summed E-state index contributed by atoms with van der Waals surface area (Å²) in [5.41, 5.74) is 1.54. The van der Waals surface area contributed by atoms with E-state index in [1.54, 1.807) is 26.4 Å². The smallest absolute Gasteiger partial charge is 0.254 e. The van der Waals surface area contributed by atoms with Crippen LogP contribution < -0.4 is 10.3 Å². The van der Waals surface area contributed by atoms with Crippen molar-refractivity contribution >= 4 is 5.91 Å². The molecule has 0 atom stereocenters. The summed E-state index contributed by atoms with van der Waals surface area (Å²) in [6.07, 6.45) is 2.57. The highest BCUT2D eigenvalue weighted by Crippen LogP contribution is 2.15. The van der Waals surface area contributed by atoms with Gasteiger partial charge in [0.05, 0.1) is 7.11 Å². The number of amides is 1. The molecule has 2 heterocycles. The van der Waals surface area contributed by atoms with Crippen molar-refractivity contribution < 1.29 is 9.53 Å². The summed E-state index contributed by atoms with van der Waals surface area (Å²) < 4.78 is 6.66. The summed E-state index contributed by atoms with van der Waals surface area (Å²) in [7, 11) is 3.34. The summed E-state index contributed by atoms with van der Waals surface area (Å²) in [5, 5.41) is 0. The monoisotopic (exact) mass is 355 g/mol. The Kier molecular flexibility index (Phi) is 5.73. The van der Waals surface area contributed by atoms with Crippen molar-refractivity contribution in [3.05, 3.63) is 64.1 Å². The highest BCUT2D eigenvalue weighted by molar-refractivity contribution is 5.94. The van der Waals surface area contributed by atoms with Gasteiger partial charge in [0.2, 0.25) is 0 Å². The first-order chi connectivity index (χ1) is 12.6. The van der Waals surface area contributed by atoms with Gasteiger partial charge in [-0.2, -0.15) is 0 Å². The molecule has 0 N–H and O–H groups in total. The van der Waals surface area contributed by atoms with Gasteiger partial charge in [0.1, 0.15) is 5.75 Å². The standard InChI is InChI=1S/C20H25N3O3/c1-21-11-8-17(14-19(21)24)20(25)23-10-3-9-22(12-13-23)15-16-4-6-18(26-2)7-5-16/h4-8,11,14H,3,9-10,12-13,15H2,1-2H3. The van der Waals surface area contributed by atoms with Crippen LogP contribution in [0.15, 0.2) is 47.4 Å². The van der Waals surface area contributed by atoms with Gasteiger partial charge in [-0.05, 0) is 30.2 Å². The zero-order valence-electron chi connectivity index (χ0n) is 15.4. The normalized spacial score (nSPS) is 15.5. The third kappa shape index (κ3) is 4.32. The van der Waals surface area contributed by atoms with Gasteiger partial charge in [-0.3, -0.25) is 14.5 Å². The first kappa shape index (κ1) is 18.2. The van der Waals surface area contributed by atoms with E-state index in [2.05, 4.69) is 17.0 Å². The number of methoxy groups -OCH3 is 1. The number of carbonyl (C=O) groups excluding carboxylic acids is 1. The van der Waals surface area contributed by atoms with Crippen molar-refractivity contribution in [2.24, 2.45) is 7.05 Å². The molecule has 1 aromatic heterocycles. The summed E-state index contributed by atoms with van der Waals surface area (Å²) in [6, 6.07) is 11.2. The minimum atomic E-state index is -0.160. The van der Waals surface area contributed by atoms with Gasteiger partial charge in [-0.1, -0.05) is 12.1 Å². The average Bonchev–Trinajstić information content (AvgIpc) is 2.89. The maximum absolute atomic E-state index is 12.7. The first-order valence-electron chi connectivity index (χ1n) is 8.88. The number of rotatable bonds is 4. The Morgan fingerprint density at radius 3 is 2.54 bits per heavy atom. The Morgan fingerprint density at radius 2 is 1.85 bits per heavy atom. The highest BCUT2D eigenvalue weighted by Gasteiger charge is 2.20. The van der Waals surface area contributed by atoms with Crippen LogP contribution in [-0.2, 0) is 13.6 Å². The van der Waals surface area contributed by atoms with Gasteiger partial charge in [0.15, 0.2) is 0 Å². The molecule has 26 heavy (non-hydrogen) atoms. The van der Waals surface area contributed by atoms with E-state index in [0.29, 0.717) is 18.7 Å². The second kappa shape index (κ2) is 8.19. The lowest BCUT2D eigenvalue weighted by molar-refractivity contribution is 0.0760. The molecule has 3 rings (SSSR count). The first-order valence-corrected chi connectivity index (χ1v) is 8.88. The number of pyridine rings is 1. The number of benzene rings is 1. The lowest BCUT2D eigenvalue weighted by Crippen LogP contribution is -2.35. The molecule has 0 saturated carbocycles. The number of aromatic nitrogens is 1. The molecule has 1 aliphatic heterocycles. The van der Waals surface area contributed by atoms with Gasteiger partial charge in [0, 0.05) is 57.6 Å². The minimum absolute atomic E-state index is 0.0611. The second-order valence-corrected chi connectivity index (χ2v) is 6.63. The number of carbonyl (C=O) groups is 1. The van der Waals surface area contributed by atoms with Crippen molar-refractivity contribution in [3.8, 4) is 5.75 Å². The molecule has 0 radical (unpaired) electrons. The lowest BCUT2D eigenvalue weighted by Gasteiger charge is -2.22. The van der Waals surface area contributed by atoms with Crippen LogP contribution in [0.3, 0.4) is 0 Å². The summed E-state index contributed by atoms with van der Waals surface area (Å²) in [6.45, 7) is 4.02. The third-order valence-electron chi connectivity index (χ3n) is 4.79. The summed E-state index contributed by atoms with van der Waals surface area (Å²) >= 11 is 0. The molecule has 2 aromatic rings. The van der Waals surface area contributed by atoms with Crippen LogP contribution in [0, 0.1) is 0 Å². The molecular formula is C20H25N3O3. The van der Waals surface area contributed by atoms with E-state index in [1.165, 1.54) is 16.2 Å². The molecule has 1 amide bonds. The molecule has 1 aliphatic rings. The predicted octanol–water partition coefficient (Wildman–Crippen LogP) is 1.74. The van der Waals surface area contributed by atoms with Gasteiger partial charge in [-0.25, -0.2) is 0 Å². The van der Waals surface area contributed by atoms with E-state index < -0.39 is 0 Å². The van der Waals surface area contributed by atoms with Crippen molar-refractivity contribution in [3.63, 3.8) is 0 Å². The molecule has 138 valence electrons. The van der Waals surface area contributed by atoms with Crippen LogP contribution in [0.2, 0.25) is 0 Å². The van der Waals surface area contributed by atoms with Crippen molar-refractivity contribution in [1.29, 1.82) is 0 Å². The molecule has 0 unspecified atom stereocenters. The average molecular weight is 355 g/mol. The van der Waals surface area contributed by atoms with Crippen molar-refractivity contribution in [2.75, 3.05) is 33.3 Å². The predicted molar refractivity (Wildman–Crippen MR) is 100 cm³/mol. The molecule has 6 heteroatoms. The van der Waals surface area contributed by atoms with E-state index in [4.69, 9.17) is 4.74 Å². The van der Waals surface area contributed by atoms with E-state index in [0.717, 1.165) is 31.8 Å². The number of nitrogens with zero attached hydrogens (tertiary/aromatic N) is 3. The van der Waals surface area contributed by atoms with Gasteiger partial charge >= 0.3 is 0 Å². The maximum atomic E-state index is 12.7. The number of aryl methyl sites for hydroxylation is 1. The van der Waals surface area contributed by atoms with Crippen LogP contribution in [0.4, 0.5) is 0 Å². The Hall–Kier alpha value is -2.60. The van der Waals surface area contributed by atoms with Gasteiger partial charge < -0.3 is 14.2 Å². The lowest BCUT2D eigenvalue weighted by atomic mass is 10.2. The van der Waals surface area contributed by atoms with E-state index in [-0.39, 0.29) is 11.5 Å². The Morgan fingerprint density at radius 1 is 1.08 bits per heavy atom. The largest absolute Gasteiger partial charge is 0.497 e. The van der Waals surface area contributed by atoms with Crippen LogP contribution in [-0.4, -0.2) is 53.6 Å². The zero-order chi connectivity index (χ0) is 18.5. The van der Waals surface area contributed by atoms with Crippen molar-refractivity contribution in [1.82, 2.24) is 14.4 Å². The van der Waals surface area contributed by atoms with Crippen LogP contribution in [0.5, 0.6) is 5.75 Å². The zero-order valence-corrected chi connectivity index (χ0v) is 15.4. The van der Waals surface area contributed by atoms with Crippen molar-refractivity contribution in [2.45, 2.75) is 13.0 Å². The summed E-state index contributed by atoms with van der Waals surface area (Å²) in [4.78, 5) is 28.7. The van der Waals surface area contributed by atoms with Gasteiger partial charge in [-0.15, -0.1) is 0 Å². The Balaban J connectivity index is 1.61. The Bertz CT molecular complexity index is 814. The van der Waals surface area contributed by atoms with Crippen LogP contribution >= 0.6 is 0 Å². The molecule has 6 nitrogen and oxygen atoms in total. The molecule has 1 aromatic carbocycles. The molecule has 0 bridgehead atoms. The fourth-order valence-electron chi connectivity index (χ4n) is 3.19. The van der Waals surface area contributed by atoms with E-state index in [9.17, 15) is 9.59 Å². The quantitative estimate of drug-likeness (QED) is 0.838. The molecule has 1 fully saturated rings. The van der Waals surface area contributed by atoms with Crippen LogP contribution in [0.25, 0.3) is 0 Å². The van der Waals surface area contributed by atoms with Crippen LogP contribution in [0.1, 0.15) is 22.3 Å². The highest BCUT2D eigenvalue weighted by atomic mass is 16.5. The van der Waals surface area contributed by atoms with E-state index >= 15 is 0 Å². The summed E-state index contributed by atoms with van der Waals surface area (Å²) in [5.74, 6) is 0.796. The maximum Gasteiger partial charge on any atom is 0.254 e. The molecule has 0 aliphatic carbocycles. The minimum Gasteiger partial charge on any atom is -0.497 e. The molecule has 0 spiro atoms. The topological polar surface area (TPSA) is 54.8 Å². The molecule has 1 saturated heterocycles. The number of hydrogen-bond donors (Lipinski definition) is 0. The SMILES string of the molecule is COc1ccc(CN2CCCN(C(=O)c3ccn(C)c(=O)c3)CC2)cc1.